The fourth-order valence-electron chi connectivity index (χ4n) is 4.06. The molecule has 0 bridgehead atoms. The molecule has 0 radical (unpaired) electrons. The fraction of sp³-hybridized carbons (Fsp3) is 0.478. The number of piperidine rings is 1. The zero-order valence-electron chi connectivity index (χ0n) is 16.5. The minimum absolute atomic E-state index is 0.320. The second-order valence-electron chi connectivity index (χ2n) is 7.66. The topological polar surface area (TPSA) is 26.7 Å². The highest BCUT2D eigenvalue weighted by atomic mass is 35.5. The number of aromatic hydroxyl groups is 1. The number of nitrogens with zero attached hydrogens (tertiary/aromatic N) is 2. The third-order valence-electron chi connectivity index (χ3n) is 5.53. The second-order valence-corrected chi connectivity index (χ2v) is 8.03. The molecule has 146 valence electrons. The number of phenols is 1. The van der Waals surface area contributed by atoms with Crippen molar-refractivity contribution in [1.29, 1.82) is 0 Å². The van der Waals surface area contributed by atoms with Crippen LogP contribution in [-0.4, -0.2) is 43.1 Å². The van der Waals surface area contributed by atoms with E-state index in [9.17, 15) is 5.11 Å². The summed E-state index contributed by atoms with van der Waals surface area (Å²) >= 11 is 6.04. The first kappa shape index (κ1) is 20.0. The van der Waals surface area contributed by atoms with Gasteiger partial charge in [-0.3, -0.25) is 4.90 Å². The molecule has 1 atom stereocenters. The summed E-state index contributed by atoms with van der Waals surface area (Å²) in [7, 11) is 4.10. The van der Waals surface area contributed by atoms with E-state index in [-0.39, 0.29) is 0 Å². The molecule has 2 aromatic rings. The number of benzene rings is 2. The van der Waals surface area contributed by atoms with Crippen molar-refractivity contribution in [3.8, 4) is 16.9 Å². The smallest absolute Gasteiger partial charge is 0.116 e. The van der Waals surface area contributed by atoms with E-state index in [1.54, 1.807) is 0 Å². The van der Waals surface area contributed by atoms with Gasteiger partial charge in [0.05, 0.1) is 0 Å². The van der Waals surface area contributed by atoms with Crippen LogP contribution in [0.5, 0.6) is 5.75 Å². The number of phenolic OH excluding ortho intramolecular Hbond substituents is 1. The molecule has 1 N–H and O–H groups in total. The summed E-state index contributed by atoms with van der Waals surface area (Å²) in [6.07, 6.45) is 5.91. The molecule has 0 spiro atoms. The van der Waals surface area contributed by atoms with E-state index in [1.807, 2.05) is 26.2 Å². The van der Waals surface area contributed by atoms with E-state index in [2.05, 4.69) is 40.1 Å². The Hall–Kier alpha value is -1.71. The quantitative estimate of drug-likeness (QED) is 0.621. The van der Waals surface area contributed by atoms with Gasteiger partial charge in [-0.2, -0.15) is 0 Å². The summed E-state index contributed by atoms with van der Waals surface area (Å²) in [4.78, 5) is 4.71. The third kappa shape index (κ3) is 4.97. The molecule has 1 unspecified atom stereocenters. The average Bonchev–Trinajstić information content (AvgIpc) is 2.70. The summed E-state index contributed by atoms with van der Waals surface area (Å²) in [6, 6.07) is 14.8. The van der Waals surface area contributed by atoms with Gasteiger partial charge in [0.15, 0.2) is 0 Å². The molecule has 0 amide bonds. The molecule has 1 aliphatic rings. The summed E-state index contributed by atoms with van der Waals surface area (Å²) in [5, 5.41) is 10.2. The number of anilines is 1. The summed E-state index contributed by atoms with van der Waals surface area (Å²) in [5.74, 6) is 1.01. The Labute approximate surface area is 168 Å². The zero-order valence-corrected chi connectivity index (χ0v) is 17.3. The van der Waals surface area contributed by atoms with Crippen LogP contribution in [0.4, 0.5) is 5.69 Å². The van der Waals surface area contributed by atoms with Crippen molar-refractivity contribution in [2.75, 3.05) is 38.0 Å². The van der Waals surface area contributed by atoms with Crippen LogP contribution in [0.2, 0.25) is 0 Å². The lowest BCUT2D eigenvalue weighted by Crippen LogP contribution is -2.34. The fourth-order valence-corrected chi connectivity index (χ4v) is 4.21. The van der Waals surface area contributed by atoms with Gasteiger partial charge in [-0.1, -0.05) is 24.6 Å². The van der Waals surface area contributed by atoms with Gasteiger partial charge in [-0.25, -0.2) is 0 Å². The van der Waals surface area contributed by atoms with Crippen LogP contribution in [0.25, 0.3) is 11.1 Å². The van der Waals surface area contributed by atoms with E-state index >= 15 is 0 Å². The molecule has 1 heterocycles. The van der Waals surface area contributed by atoms with Crippen LogP contribution in [0.15, 0.2) is 42.5 Å². The van der Waals surface area contributed by atoms with Gasteiger partial charge in [-0.05, 0) is 79.7 Å². The van der Waals surface area contributed by atoms with Crippen molar-refractivity contribution in [1.82, 2.24) is 4.90 Å². The first-order chi connectivity index (χ1) is 13.1. The van der Waals surface area contributed by atoms with Gasteiger partial charge in [0.1, 0.15) is 5.75 Å². The Bertz CT molecular complexity index is 724. The maximum Gasteiger partial charge on any atom is 0.116 e. The molecule has 3 rings (SSSR count). The monoisotopic (exact) mass is 386 g/mol. The van der Waals surface area contributed by atoms with Gasteiger partial charge < -0.3 is 10.0 Å². The Morgan fingerprint density at radius 3 is 2.37 bits per heavy atom. The van der Waals surface area contributed by atoms with Gasteiger partial charge in [-0.15, -0.1) is 11.6 Å². The van der Waals surface area contributed by atoms with Gasteiger partial charge in [0, 0.05) is 31.7 Å². The summed E-state index contributed by atoms with van der Waals surface area (Å²) in [5.41, 5.74) is 4.76. The molecule has 4 heteroatoms. The zero-order chi connectivity index (χ0) is 19.2. The van der Waals surface area contributed by atoms with E-state index in [0.717, 1.165) is 37.1 Å². The Morgan fingerprint density at radius 2 is 1.74 bits per heavy atom. The van der Waals surface area contributed by atoms with Gasteiger partial charge in [0.2, 0.25) is 0 Å². The molecule has 0 saturated carbocycles. The molecule has 1 saturated heterocycles. The molecule has 1 fully saturated rings. The van der Waals surface area contributed by atoms with Crippen molar-refractivity contribution in [2.45, 2.75) is 38.1 Å². The second kappa shape index (κ2) is 9.48. The van der Waals surface area contributed by atoms with Gasteiger partial charge in [0.25, 0.3) is 0 Å². The maximum absolute atomic E-state index is 10.2. The summed E-state index contributed by atoms with van der Waals surface area (Å²) < 4.78 is 0. The van der Waals surface area contributed by atoms with Crippen molar-refractivity contribution in [3.63, 3.8) is 0 Å². The van der Waals surface area contributed by atoms with Crippen molar-refractivity contribution in [3.05, 3.63) is 48.0 Å². The van der Waals surface area contributed by atoms with Crippen LogP contribution in [-0.2, 0) is 0 Å². The lowest BCUT2D eigenvalue weighted by molar-refractivity contribution is 0.155. The summed E-state index contributed by atoms with van der Waals surface area (Å²) in [6.45, 7) is 2.29. The number of alkyl halides is 1. The van der Waals surface area contributed by atoms with Crippen LogP contribution in [0.1, 0.15) is 43.7 Å². The Balaban J connectivity index is 1.99. The van der Waals surface area contributed by atoms with Crippen LogP contribution in [0.3, 0.4) is 0 Å². The van der Waals surface area contributed by atoms with Crippen LogP contribution in [0, 0.1) is 0 Å². The highest BCUT2D eigenvalue weighted by molar-refractivity contribution is 6.17. The van der Waals surface area contributed by atoms with E-state index in [1.165, 1.54) is 30.5 Å². The number of likely N-dealkylation sites (tertiary alicyclic amines) is 1. The number of hydrogen-bond donors (Lipinski definition) is 1. The van der Waals surface area contributed by atoms with Crippen molar-refractivity contribution >= 4 is 17.3 Å². The average molecular weight is 387 g/mol. The molecule has 1 aliphatic heterocycles. The molecule has 2 aromatic carbocycles. The first-order valence-corrected chi connectivity index (χ1v) is 10.5. The molecular formula is C23H31ClN2O. The molecule has 0 aliphatic carbocycles. The van der Waals surface area contributed by atoms with Crippen molar-refractivity contribution in [2.24, 2.45) is 0 Å². The van der Waals surface area contributed by atoms with Crippen LogP contribution >= 0.6 is 11.6 Å². The first-order valence-electron chi connectivity index (χ1n) is 10.0. The minimum atomic E-state index is 0.320. The van der Waals surface area contributed by atoms with E-state index < -0.39 is 0 Å². The highest BCUT2D eigenvalue weighted by Crippen LogP contribution is 2.38. The SMILES string of the molecule is CN(C)c1ccc(-c2cc(O)ccc2C(CCCCl)N2CCCCC2)cc1. The largest absolute Gasteiger partial charge is 0.508 e. The maximum atomic E-state index is 10.2. The standard InChI is InChI=1S/C23H31ClN2O/c1-25(2)19-10-8-18(9-11-19)22-17-20(27)12-13-21(22)23(7-6-14-24)26-15-4-3-5-16-26/h8-13,17,23,27H,3-7,14-16H2,1-2H3. The Kier molecular flexibility index (Phi) is 7.03. The minimum Gasteiger partial charge on any atom is -0.508 e. The predicted molar refractivity (Wildman–Crippen MR) is 116 cm³/mol. The van der Waals surface area contributed by atoms with E-state index in [4.69, 9.17) is 11.6 Å². The number of rotatable bonds is 7. The molecule has 0 aromatic heterocycles. The van der Waals surface area contributed by atoms with Crippen LogP contribution < -0.4 is 4.90 Å². The predicted octanol–water partition coefficient (Wildman–Crippen LogP) is 5.67. The lowest BCUT2D eigenvalue weighted by Gasteiger charge is -2.36. The highest BCUT2D eigenvalue weighted by Gasteiger charge is 2.24. The van der Waals surface area contributed by atoms with E-state index in [0.29, 0.717) is 17.7 Å². The Morgan fingerprint density at radius 1 is 1.04 bits per heavy atom. The van der Waals surface area contributed by atoms with Crippen molar-refractivity contribution < 1.29 is 5.11 Å². The van der Waals surface area contributed by atoms with Gasteiger partial charge >= 0.3 is 0 Å². The third-order valence-corrected chi connectivity index (χ3v) is 5.80. The lowest BCUT2D eigenvalue weighted by atomic mass is 9.90. The molecule has 3 nitrogen and oxygen atoms in total. The molecule has 27 heavy (non-hydrogen) atoms. The number of hydrogen-bond acceptors (Lipinski definition) is 3. The molecular weight excluding hydrogens is 356 g/mol. The normalized spacial score (nSPS) is 16.3. The number of halogens is 1.